The summed E-state index contributed by atoms with van der Waals surface area (Å²) in [7, 11) is 0. The summed E-state index contributed by atoms with van der Waals surface area (Å²) in [6.45, 7) is 8.38. The summed E-state index contributed by atoms with van der Waals surface area (Å²) in [5, 5.41) is 9.59. The number of rotatable bonds is 5. The molecule has 0 aromatic heterocycles. The molecule has 22 heavy (non-hydrogen) atoms. The first-order chi connectivity index (χ1) is 10.4. The Bertz CT molecular complexity index is 654. The molecule has 0 saturated carbocycles. The van der Waals surface area contributed by atoms with E-state index in [9.17, 15) is 9.90 Å². The maximum Gasteiger partial charge on any atom is 0.311 e. The van der Waals surface area contributed by atoms with Crippen LogP contribution in [0.2, 0.25) is 0 Å². The SMILES string of the molecule is Cc1ccc(C(Cc2ccc(C(C)C)cc2)C(=O)O)cc1C. The first-order valence-electron chi connectivity index (χ1n) is 7.77. The van der Waals surface area contributed by atoms with Crippen molar-refractivity contribution in [2.45, 2.75) is 46.0 Å². The molecule has 0 fully saturated rings. The quantitative estimate of drug-likeness (QED) is 0.857. The van der Waals surface area contributed by atoms with E-state index in [-0.39, 0.29) is 0 Å². The standard InChI is InChI=1S/C20H24O2/c1-13(2)17-9-6-16(7-10-17)12-19(20(21)22)18-8-5-14(3)15(4)11-18/h5-11,13,19H,12H2,1-4H3,(H,21,22). The van der Waals surface area contributed by atoms with Gasteiger partial charge in [-0.25, -0.2) is 0 Å². The van der Waals surface area contributed by atoms with Gasteiger partial charge in [0.05, 0.1) is 5.92 Å². The second kappa shape index (κ2) is 6.78. The lowest BCUT2D eigenvalue weighted by molar-refractivity contribution is -0.138. The van der Waals surface area contributed by atoms with Gasteiger partial charge < -0.3 is 5.11 Å². The van der Waals surface area contributed by atoms with Crippen molar-refractivity contribution in [3.63, 3.8) is 0 Å². The number of hydrogen-bond acceptors (Lipinski definition) is 1. The van der Waals surface area contributed by atoms with Gasteiger partial charge in [-0.1, -0.05) is 56.3 Å². The smallest absolute Gasteiger partial charge is 0.311 e. The lowest BCUT2D eigenvalue weighted by atomic mass is 9.89. The van der Waals surface area contributed by atoms with Crippen molar-refractivity contribution in [3.05, 3.63) is 70.3 Å². The fraction of sp³-hybridized carbons (Fsp3) is 0.350. The zero-order valence-corrected chi connectivity index (χ0v) is 13.8. The molecule has 2 heteroatoms. The van der Waals surface area contributed by atoms with Gasteiger partial charge >= 0.3 is 5.97 Å². The Balaban J connectivity index is 2.25. The topological polar surface area (TPSA) is 37.3 Å². The van der Waals surface area contributed by atoms with Gasteiger partial charge in [-0.3, -0.25) is 4.79 Å². The lowest BCUT2D eigenvalue weighted by Gasteiger charge is -2.15. The van der Waals surface area contributed by atoms with Crippen molar-refractivity contribution in [3.8, 4) is 0 Å². The van der Waals surface area contributed by atoms with Crippen molar-refractivity contribution in [1.82, 2.24) is 0 Å². The Hall–Kier alpha value is -2.09. The maximum atomic E-state index is 11.7. The van der Waals surface area contributed by atoms with Crippen molar-refractivity contribution in [2.24, 2.45) is 0 Å². The summed E-state index contributed by atoms with van der Waals surface area (Å²) in [5.74, 6) is -0.774. The molecule has 0 bridgehead atoms. The van der Waals surface area contributed by atoms with E-state index in [0.29, 0.717) is 12.3 Å². The second-order valence-electron chi connectivity index (χ2n) is 6.33. The van der Waals surface area contributed by atoms with Crippen LogP contribution in [0.15, 0.2) is 42.5 Å². The Morgan fingerprint density at radius 1 is 0.955 bits per heavy atom. The minimum absolute atomic E-state index is 0.490. The second-order valence-corrected chi connectivity index (χ2v) is 6.33. The zero-order chi connectivity index (χ0) is 16.3. The van der Waals surface area contributed by atoms with Crippen molar-refractivity contribution >= 4 is 5.97 Å². The van der Waals surface area contributed by atoms with E-state index >= 15 is 0 Å². The molecule has 0 amide bonds. The predicted molar refractivity (Wildman–Crippen MR) is 90.5 cm³/mol. The molecule has 2 rings (SSSR count). The molecular formula is C20H24O2. The molecule has 0 radical (unpaired) electrons. The zero-order valence-electron chi connectivity index (χ0n) is 13.8. The van der Waals surface area contributed by atoms with Crippen LogP contribution in [0.3, 0.4) is 0 Å². The van der Waals surface area contributed by atoms with Crippen LogP contribution in [-0.4, -0.2) is 11.1 Å². The summed E-state index contributed by atoms with van der Waals surface area (Å²) >= 11 is 0. The number of carboxylic acid groups (broad SMARTS) is 1. The monoisotopic (exact) mass is 296 g/mol. The van der Waals surface area contributed by atoms with Gasteiger partial charge in [0.15, 0.2) is 0 Å². The van der Waals surface area contributed by atoms with Gasteiger partial charge in [-0.2, -0.15) is 0 Å². The van der Waals surface area contributed by atoms with Crippen LogP contribution in [0.25, 0.3) is 0 Å². The summed E-state index contributed by atoms with van der Waals surface area (Å²) < 4.78 is 0. The number of aliphatic carboxylic acids is 1. The fourth-order valence-corrected chi connectivity index (χ4v) is 2.60. The highest BCUT2D eigenvalue weighted by Crippen LogP contribution is 2.24. The number of carbonyl (C=O) groups is 1. The van der Waals surface area contributed by atoms with Crippen molar-refractivity contribution in [1.29, 1.82) is 0 Å². The largest absolute Gasteiger partial charge is 0.481 e. The van der Waals surface area contributed by atoms with Gasteiger partial charge in [0.25, 0.3) is 0 Å². The highest BCUT2D eigenvalue weighted by molar-refractivity contribution is 5.76. The molecular weight excluding hydrogens is 272 g/mol. The number of aryl methyl sites for hydroxylation is 2. The van der Waals surface area contributed by atoms with Crippen molar-refractivity contribution < 1.29 is 9.90 Å². The van der Waals surface area contributed by atoms with E-state index < -0.39 is 11.9 Å². The van der Waals surface area contributed by atoms with Crippen LogP contribution in [0, 0.1) is 13.8 Å². The number of hydrogen-bond donors (Lipinski definition) is 1. The molecule has 1 atom stereocenters. The van der Waals surface area contributed by atoms with Crippen LogP contribution >= 0.6 is 0 Å². The highest BCUT2D eigenvalue weighted by atomic mass is 16.4. The summed E-state index contributed by atoms with van der Waals surface area (Å²) in [5.41, 5.74) is 5.55. The van der Waals surface area contributed by atoms with Crippen LogP contribution in [0.4, 0.5) is 0 Å². The third-order valence-corrected chi connectivity index (χ3v) is 4.32. The fourth-order valence-electron chi connectivity index (χ4n) is 2.60. The Labute approximate surface area is 132 Å². The molecule has 0 aliphatic rings. The number of benzene rings is 2. The average Bonchev–Trinajstić information content (AvgIpc) is 2.48. The van der Waals surface area contributed by atoms with Crippen LogP contribution in [-0.2, 0) is 11.2 Å². The normalized spacial score (nSPS) is 12.4. The molecule has 2 aromatic carbocycles. The predicted octanol–water partition coefficient (Wildman–Crippen LogP) is 4.84. The number of carboxylic acids is 1. The van der Waals surface area contributed by atoms with E-state index in [1.807, 2.05) is 44.2 Å². The average molecular weight is 296 g/mol. The maximum absolute atomic E-state index is 11.7. The summed E-state index contributed by atoms with van der Waals surface area (Å²) in [4.78, 5) is 11.7. The third kappa shape index (κ3) is 3.76. The van der Waals surface area contributed by atoms with Crippen LogP contribution in [0.5, 0.6) is 0 Å². The molecule has 2 nitrogen and oxygen atoms in total. The van der Waals surface area contributed by atoms with Gasteiger partial charge in [0.1, 0.15) is 0 Å². The molecule has 0 saturated heterocycles. The Morgan fingerprint density at radius 2 is 1.55 bits per heavy atom. The first-order valence-corrected chi connectivity index (χ1v) is 7.77. The van der Waals surface area contributed by atoms with E-state index in [1.165, 1.54) is 11.1 Å². The Morgan fingerprint density at radius 3 is 2.05 bits per heavy atom. The summed E-state index contributed by atoms with van der Waals surface area (Å²) in [6, 6.07) is 14.2. The highest BCUT2D eigenvalue weighted by Gasteiger charge is 2.20. The van der Waals surface area contributed by atoms with Gasteiger partial charge in [-0.15, -0.1) is 0 Å². The van der Waals surface area contributed by atoms with Gasteiger partial charge in [0, 0.05) is 0 Å². The van der Waals surface area contributed by atoms with E-state index in [1.54, 1.807) is 0 Å². The van der Waals surface area contributed by atoms with Gasteiger partial charge in [0.2, 0.25) is 0 Å². The minimum Gasteiger partial charge on any atom is -0.481 e. The molecule has 0 spiro atoms. The Kier molecular flexibility index (Phi) is 5.02. The minimum atomic E-state index is -0.767. The first kappa shape index (κ1) is 16.3. The lowest BCUT2D eigenvalue weighted by Crippen LogP contribution is -2.14. The van der Waals surface area contributed by atoms with Crippen LogP contribution in [0.1, 0.15) is 53.5 Å². The van der Waals surface area contributed by atoms with E-state index in [4.69, 9.17) is 0 Å². The van der Waals surface area contributed by atoms with E-state index in [2.05, 4.69) is 26.0 Å². The summed E-state index contributed by atoms with van der Waals surface area (Å²) in [6.07, 6.45) is 0.524. The molecule has 0 heterocycles. The molecule has 0 aliphatic heterocycles. The van der Waals surface area contributed by atoms with Crippen LogP contribution < -0.4 is 0 Å². The molecule has 1 unspecified atom stereocenters. The molecule has 0 aliphatic carbocycles. The molecule has 2 aromatic rings. The van der Waals surface area contributed by atoms with Gasteiger partial charge in [-0.05, 0) is 54.0 Å². The third-order valence-electron chi connectivity index (χ3n) is 4.32. The molecule has 116 valence electrons. The molecule has 1 N–H and O–H groups in total. The van der Waals surface area contributed by atoms with E-state index in [0.717, 1.165) is 16.7 Å². The van der Waals surface area contributed by atoms with Crippen molar-refractivity contribution in [2.75, 3.05) is 0 Å².